The summed E-state index contributed by atoms with van der Waals surface area (Å²) in [6.45, 7) is 0. The van der Waals surface area contributed by atoms with Crippen molar-refractivity contribution in [3.8, 4) is 11.1 Å². The van der Waals surface area contributed by atoms with Gasteiger partial charge in [-0.05, 0) is 54.3 Å². The number of carbonyl (C=O) groups is 1. The number of benzene rings is 3. The van der Waals surface area contributed by atoms with E-state index in [2.05, 4.69) is 10.3 Å². The Kier molecular flexibility index (Phi) is 5.20. The van der Waals surface area contributed by atoms with Crippen molar-refractivity contribution in [3.63, 3.8) is 0 Å². The van der Waals surface area contributed by atoms with Gasteiger partial charge in [-0.25, -0.2) is 4.39 Å². The van der Waals surface area contributed by atoms with Crippen molar-refractivity contribution >= 4 is 22.5 Å². The van der Waals surface area contributed by atoms with E-state index >= 15 is 0 Å². The maximum Gasteiger partial charge on any atom is 0.224 e. The van der Waals surface area contributed by atoms with E-state index in [1.165, 1.54) is 6.07 Å². The molecule has 1 aromatic heterocycles. The Morgan fingerprint density at radius 1 is 0.964 bits per heavy atom. The fourth-order valence-electron chi connectivity index (χ4n) is 3.35. The number of amides is 1. The van der Waals surface area contributed by atoms with Crippen LogP contribution in [0.5, 0.6) is 0 Å². The summed E-state index contributed by atoms with van der Waals surface area (Å²) in [6, 6.07) is 22.4. The second kappa shape index (κ2) is 8.09. The Hall–Kier alpha value is -3.40. The minimum Gasteiger partial charge on any atom is -0.361 e. The number of rotatable bonds is 6. The largest absolute Gasteiger partial charge is 0.361 e. The lowest BCUT2D eigenvalue weighted by Gasteiger charge is -2.07. The predicted octanol–water partition coefficient (Wildman–Crippen LogP) is 5.94. The van der Waals surface area contributed by atoms with E-state index in [-0.39, 0.29) is 11.7 Å². The number of aryl methyl sites for hydroxylation is 1. The summed E-state index contributed by atoms with van der Waals surface area (Å²) < 4.78 is 13.9. The van der Waals surface area contributed by atoms with E-state index in [9.17, 15) is 9.18 Å². The van der Waals surface area contributed by atoms with E-state index in [1.807, 2.05) is 60.8 Å². The summed E-state index contributed by atoms with van der Waals surface area (Å²) >= 11 is 0. The van der Waals surface area contributed by atoms with Crippen LogP contribution in [0.15, 0.2) is 79.0 Å². The highest BCUT2D eigenvalue weighted by molar-refractivity contribution is 5.93. The first-order valence-electron chi connectivity index (χ1n) is 9.40. The highest BCUT2D eigenvalue weighted by Crippen LogP contribution is 2.23. The van der Waals surface area contributed by atoms with Gasteiger partial charge >= 0.3 is 0 Å². The number of nitrogens with one attached hydrogen (secondary N) is 2. The van der Waals surface area contributed by atoms with Gasteiger partial charge in [-0.3, -0.25) is 4.79 Å². The molecule has 0 radical (unpaired) electrons. The quantitative estimate of drug-likeness (QED) is 0.432. The average molecular weight is 372 g/mol. The van der Waals surface area contributed by atoms with Crippen molar-refractivity contribution in [1.82, 2.24) is 4.98 Å². The first kappa shape index (κ1) is 18.0. The first-order valence-corrected chi connectivity index (χ1v) is 9.40. The fourth-order valence-corrected chi connectivity index (χ4v) is 3.35. The summed E-state index contributed by atoms with van der Waals surface area (Å²) in [4.78, 5) is 15.3. The molecule has 3 nitrogen and oxygen atoms in total. The van der Waals surface area contributed by atoms with Gasteiger partial charge in [0.15, 0.2) is 0 Å². The van der Waals surface area contributed by atoms with Crippen LogP contribution in [0, 0.1) is 5.82 Å². The maximum atomic E-state index is 13.9. The van der Waals surface area contributed by atoms with Gasteiger partial charge in [0, 0.05) is 34.8 Å². The molecule has 0 saturated heterocycles. The third-order valence-corrected chi connectivity index (χ3v) is 4.85. The number of hydrogen-bond donors (Lipinski definition) is 2. The molecule has 0 atom stereocenters. The number of aromatic amines is 1. The van der Waals surface area contributed by atoms with Crippen LogP contribution in [0.3, 0.4) is 0 Å². The number of halogens is 1. The molecule has 4 rings (SSSR count). The Morgan fingerprint density at radius 2 is 1.79 bits per heavy atom. The zero-order valence-corrected chi connectivity index (χ0v) is 15.4. The maximum absolute atomic E-state index is 13.9. The molecule has 0 saturated carbocycles. The second-order valence-electron chi connectivity index (χ2n) is 6.86. The molecule has 0 aliphatic heterocycles. The number of fused-ring (bicyclic) bond motifs is 1. The van der Waals surface area contributed by atoms with Crippen LogP contribution in [0.2, 0.25) is 0 Å². The number of anilines is 1. The van der Waals surface area contributed by atoms with Gasteiger partial charge in [-0.2, -0.15) is 0 Å². The normalized spacial score (nSPS) is 10.9. The molecular weight excluding hydrogens is 351 g/mol. The molecule has 0 unspecified atom stereocenters. The molecule has 0 aliphatic carbocycles. The summed E-state index contributed by atoms with van der Waals surface area (Å²) in [5.41, 5.74) is 4.47. The lowest BCUT2D eigenvalue weighted by molar-refractivity contribution is -0.116. The molecule has 0 aliphatic rings. The van der Waals surface area contributed by atoms with Crippen molar-refractivity contribution in [2.75, 3.05) is 5.32 Å². The van der Waals surface area contributed by atoms with E-state index in [0.717, 1.165) is 40.6 Å². The topological polar surface area (TPSA) is 44.9 Å². The summed E-state index contributed by atoms with van der Waals surface area (Å²) in [5, 5.41) is 4.03. The lowest BCUT2D eigenvalue weighted by Crippen LogP contribution is -2.11. The number of H-pyrrole nitrogens is 1. The molecule has 1 amide bonds. The SMILES string of the molecule is O=C(CCCc1ccc(-c2ccccc2F)cc1)Nc1ccc2[nH]ccc2c1. The third-order valence-electron chi connectivity index (χ3n) is 4.85. The van der Waals surface area contributed by atoms with Crippen LogP contribution in [-0.2, 0) is 11.2 Å². The standard InChI is InChI=1S/C24H21FN2O/c25-22-6-2-1-5-21(22)18-10-8-17(9-11-18)4-3-7-24(28)27-20-12-13-23-19(16-20)14-15-26-23/h1-2,5-6,8-16,26H,3-4,7H2,(H,27,28). The van der Waals surface area contributed by atoms with Gasteiger partial charge in [0.2, 0.25) is 5.91 Å². The fraction of sp³-hybridized carbons (Fsp3) is 0.125. The molecule has 4 aromatic rings. The monoisotopic (exact) mass is 372 g/mol. The van der Waals surface area contributed by atoms with Gasteiger partial charge in [0.25, 0.3) is 0 Å². The van der Waals surface area contributed by atoms with Crippen LogP contribution in [0.1, 0.15) is 18.4 Å². The summed E-state index contributed by atoms with van der Waals surface area (Å²) in [7, 11) is 0. The molecule has 140 valence electrons. The molecule has 2 N–H and O–H groups in total. The molecule has 0 fully saturated rings. The smallest absolute Gasteiger partial charge is 0.224 e. The van der Waals surface area contributed by atoms with E-state index in [4.69, 9.17) is 0 Å². The van der Waals surface area contributed by atoms with Crippen molar-refractivity contribution in [1.29, 1.82) is 0 Å². The Morgan fingerprint density at radius 3 is 2.61 bits per heavy atom. The molecule has 0 bridgehead atoms. The molecular formula is C24H21FN2O. The van der Waals surface area contributed by atoms with Crippen LogP contribution in [0.4, 0.5) is 10.1 Å². The van der Waals surface area contributed by atoms with Crippen LogP contribution in [0.25, 0.3) is 22.0 Å². The zero-order chi connectivity index (χ0) is 19.3. The van der Waals surface area contributed by atoms with Gasteiger partial charge in [-0.15, -0.1) is 0 Å². The molecule has 4 heteroatoms. The minimum absolute atomic E-state index is 0.0119. The van der Waals surface area contributed by atoms with Gasteiger partial charge in [-0.1, -0.05) is 42.5 Å². The first-order chi connectivity index (χ1) is 13.7. The van der Waals surface area contributed by atoms with Crippen molar-refractivity contribution < 1.29 is 9.18 Å². The number of aromatic nitrogens is 1. The van der Waals surface area contributed by atoms with Gasteiger partial charge in [0.05, 0.1) is 0 Å². The predicted molar refractivity (Wildman–Crippen MR) is 112 cm³/mol. The minimum atomic E-state index is -0.218. The van der Waals surface area contributed by atoms with Gasteiger partial charge in [0.1, 0.15) is 5.82 Å². The van der Waals surface area contributed by atoms with E-state index in [0.29, 0.717) is 12.0 Å². The van der Waals surface area contributed by atoms with E-state index in [1.54, 1.807) is 12.1 Å². The number of carbonyl (C=O) groups excluding carboxylic acids is 1. The van der Waals surface area contributed by atoms with Crippen LogP contribution in [-0.4, -0.2) is 10.9 Å². The number of hydrogen-bond acceptors (Lipinski definition) is 1. The van der Waals surface area contributed by atoms with Crippen LogP contribution >= 0.6 is 0 Å². The summed E-state index contributed by atoms with van der Waals surface area (Å²) in [5.74, 6) is -0.206. The Bertz CT molecular complexity index is 1100. The lowest BCUT2D eigenvalue weighted by atomic mass is 10.0. The second-order valence-corrected chi connectivity index (χ2v) is 6.86. The Balaban J connectivity index is 1.29. The van der Waals surface area contributed by atoms with Crippen molar-refractivity contribution in [3.05, 3.63) is 90.4 Å². The Labute approximate surface area is 163 Å². The molecule has 28 heavy (non-hydrogen) atoms. The average Bonchev–Trinajstić information content (AvgIpc) is 3.17. The molecule has 3 aromatic carbocycles. The van der Waals surface area contributed by atoms with Crippen LogP contribution < -0.4 is 5.32 Å². The summed E-state index contributed by atoms with van der Waals surface area (Å²) in [6.07, 6.45) is 3.91. The highest BCUT2D eigenvalue weighted by Gasteiger charge is 2.06. The molecule has 0 spiro atoms. The van der Waals surface area contributed by atoms with Crippen molar-refractivity contribution in [2.45, 2.75) is 19.3 Å². The van der Waals surface area contributed by atoms with Gasteiger partial charge < -0.3 is 10.3 Å². The highest BCUT2D eigenvalue weighted by atomic mass is 19.1. The molecule has 1 heterocycles. The van der Waals surface area contributed by atoms with E-state index < -0.39 is 0 Å². The third kappa shape index (κ3) is 4.12. The van der Waals surface area contributed by atoms with Crippen molar-refractivity contribution in [2.24, 2.45) is 0 Å². The zero-order valence-electron chi connectivity index (χ0n) is 15.4.